The van der Waals surface area contributed by atoms with Gasteiger partial charge in [0.25, 0.3) is 0 Å². The molecule has 10 heavy (non-hydrogen) atoms. The number of rotatable bonds is 1. The Hall–Kier alpha value is 0.480. The van der Waals surface area contributed by atoms with E-state index in [0.29, 0.717) is 0 Å². The zero-order chi connectivity index (χ0) is 6.97. The first-order valence-corrected chi connectivity index (χ1v) is 5.43. The summed E-state index contributed by atoms with van der Waals surface area (Å²) in [5.41, 5.74) is 0. The van der Waals surface area contributed by atoms with Crippen molar-refractivity contribution in [3.63, 3.8) is 0 Å². The lowest BCUT2D eigenvalue weighted by molar-refractivity contribution is 0.215. The molecular weight excluding hydrogens is 188 g/mol. The highest BCUT2D eigenvalue weighted by molar-refractivity contribution is 9.09. The molecule has 2 saturated carbocycles. The van der Waals surface area contributed by atoms with Gasteiger partial charge in [-0.3, -0.25) is 0 Å². The van der Waals surface area contributed by atoms with Gasteiger partial charge in [-0.15, -0.1) is 0 Å². The average molecular weight is 203 g/mol. The highest BCUT2D eigenvalue weighted by Crippen LogP contribution is 2.44. The molecule has 2 fully saturated rings. The van der Waals surface area contributed by atoms with Crippen molar-refractivity contribution in [3.8, 4) is 0 Å². The van der Waals surface area contributed by atoms with Gasteiger partial charge in [-0.2, -0.15) is 0 Å². The molecule has 0 aromatic carbocycles. The van der Waals surface area contributed by atoms with E-state index in [0.717, 1.165) is 16.7 Å². The lowest BCUT2D eigenvalue weighted by Crippen LogP contribution is -2.24. The van der Waals surface area contributed by atoms with Gasteiger partial charge in [0.1, 0.15) is 0 Å². The van der Waals surface area contributed by atoms with Crippen molar-refractivity contribution in [2.45, 2.75) is 43.4 Å². The molecule has 0 aliphatic heterocycles. The van der Waals surface area contributed by atoms with Gasteiger partial charge in [0, 0.05) is 4.83 Å². The van der Waals surface area contributed by atoms with E-state index in [9.17, 15) is 0 Å². The van der Waals surface area contributed by atoms with Crippen LogP contribution < -0.4 is 0 Å². The molecule has 0 radical (unpaired) electrons. The Bertz CT molecular complexity index is 118. The van der Waals surface area contributed by atoms with Crippen LogP contribution in [0.15, 0.2) is 0 Å². The Balaban J connectivity index is 1.90. The monoisotopic (exact) mass is 202 g/mol. The van der Waals surface area contributed by atoms with Crippen LogP contribution in [0.2, 0.25) is 0 Å². The molecule has 0 bridgehead atoms. The molecule has 0 aromatic heterocycles. The Morgan fingerprint density at radius 3 is 2.00 bits per heavy atom. The van der Waals surface area contributed by atoms with Gasteiger partial charge < -0.3 is 0 Å². The maximum atomic E-state index is 3.78. The molecule has 0 spiro atoms. The van der Waals surface area contributed by atoms with E-state index in [2.05, 4.69) is 15.9 Å². The molecule has 0 aromatic rings. The zero-order valence-corrected chi connectivity index (χ0v) is 7.94. The van der Waals surface area contributed by atoms with Crippen LogP contribution in [-0.4, -0.2) is 4.83 Å². The predicted molar refractivity (Wildman–Crippen MR) is 47.4 cm³/mol. The van der Waals surface area contributed by atoms with Crippen LogP contribution in [0.1, 0.15) is 38.5 Å². The lowest BCUT2D eigenvalue weighted by Gasteiger charge is -2.33. The summed E-state index contributed by atoms with van der Waals surface area (Å²) >= 11 is 3.78. The van der Waals surface area contributed by atoms with E-state index in [1.165, 1.54) is 38.5 Å². The summed E-state index contributed by atoms with van der Waals surface area (Å²) in [5.74, 6) is 2.15. The van der Waals surface area contributed by atoms with Gasteiger partial charge in [-0.1, -0.05) is 41.6 Å². The van der Waals surface area contributed by atoms with Crippen molar-refractivity contribution >= 4 is 15.9 Å². The number of alkyl halides is 1. The molecule has 0 saturated heterocycles. The summed E-state index contributed by atoms with van der Waals surface area (Å²) in [6, 6.07) is 0. The normalized spacial score (nSPS) is 41.7. The highest BCUT2D eigenvalue weighted by atomic mass is 79.9. The van der Waals surface area contributed by atoms with Crippen molar-refractivity contribution in [1.29, 1.82) is 0 Å². The molecule has 0 heterocycles. The molecule has 0 nitrogen and oxygen atoms in total. The maximum absolute atomic E-state index is 3.78. The minimum atomic E-state index is 0.873. The van der Waals surface area contributed by atoms with E-state index in [-0.39, 0.29) is 0 Å². The topological polar surface area (TPSA) is 0 Å². The highest BCUT2D eigenvalue weighted by Gasteiger charge is 2.34. The van der Waals surface area contributed by atoms with Crippen LogP contribution in [0, 0.1) is 11.8 Å². The SMILES string of the molecule is BrC1CCCC1C1CCC1. The fraction of sp³-hybridized carbons (Fsp3) is 1.00. The largest absolute Gasteiger partial charge is 0.0888 e. The summed E-state index contributed by atoms with van der Waals surface area (Å²) in [4.78, 5) is 0.873. The third kappa shape index (κ3) is 1.13. The first-order chi connectivity index (χ1) is 4.88. The van der Waals surface area contributed by atoms with Crippen LogP contribution in [-0.2, 0) is 0 Å². The zero-order valence-electron chi connectivity index (χ0n) is 6.35. The number of hydrogen-bond donors (Lipinski definition) is 0. The third-order valence-electron chi connectivity index (χ3n) is 3.24. The molecule has 0 N–H and O–H groups in total. The molecule has 2 unspecified atom stereocenters. The van der Waals surface area contributed by atoms with Crippen molar-refractivity contribution in [2.24, 2.45) is 11.8 Å². The summed E-state index contributed by atoms with van der Waals surface area (Å²) < 4.78 is 0. The van der Waals surface area contributed by atoms with Gasteiger partial charge in [-0.25, -0.2) is 0 Å². The van der Waals surface area contributed by atoms with E-state index < -0.39 is 0 Å². The fourth-order valence-electron chi connectivity index (χ4n) is 2.34. The Morgan fingerprint density at radius 1 is 0.900 bits per heavy atom. The summed E-state index contributed by atoms with van der Waals surface area (Å²) in [6.45, 7) is 0. The second-order valence-electron chi connectivity index (χ2n) is 3.80. The molecule has 0 amide bonds. The van der Waals surface area contributed by atoms with Gasteiger partial charge >= 0.3 is 0 Å². The summed E-state index contributed by atoms with van der Waals surface area (Å²) in [7, 11) is 0. The molecule has 1 heteroatoms. The maximum Gasteiger partial charge on any atom is 0.0176 e. The second kappa shape index (κ2) is 2.84. The van der Waals surface area contributed by atoms with Gasteiger partial charge in [0.05, 0.1) is 0 Å². The van der Waals surface area contributed by atoms with Gasteiger partial charge in [0.2, 0.25) is 0 Å². The van der Waals surface area contributed by atoms with Crippen molar-refractivity contribution in [2.75, 3.05) is 0 Å². The molecule has 58 valence electrons. The van der Waals surface area contributed by atoms with E-state index in [1.54, 1.807) is 0 Å². The van der Waals surface area contributed by atoms with E-state index in [4.69, 9.17) is 0 Å². The van der Waals surface area contributed by atoms with Crippen LogP contribution in [0.5, 0.6) is 0 Å². The average Bonchev–Trinajstić information content (AvgIpc) is 2.12. The van der Waals surface area contributed by atoms with Crippen molar-refractivity contribution < 1.29 is 0 Å². The van der Waals surface area contributed by atoms with E-state index in [1.807, 2.05) is 0 Å². The first-order valence-electron chi connectivity index (χ1n) is 4.52. The number of halogens is 1. The van der Waals surface area contributed by atoms with Crippen molar-refractivity contribution in [1.82, 2.24) is 0 Å². The van der Waals surface area contributed by atoms with Gasteiger partial charge in [0.15, 0.2) is 0 Å². The van der Waals surface area contributed by atoms with E-state index >= 15 is 0 Å². The molecule has 2 atom stereocenters. The molecule has 2 rings (SSSR count). The standard InChI is InChI=1S/C9H15Br/c10-9-6-2-5-8(9)7-3-1-4-7/h7-9H,1-6H2. The smallest absolute Gasteiger partial charge is 0.0176 e. The Kier molecular flexibility index (Phi) is 2.03. The fourth-order valence-corrected chi connectivity index (χ4v) is 3.36. The molecule has 2 aliphatic carbocycles. The third-order valence-corrected chi connectivity index (χ3v) is 4.37. The molecular formula is C9H15Br. The number of hydrogen-bond acceptors (Lipinski definition) is 0. The minimum Gasteiger partial charge on any atom is -0.0888 e. The lowest BCUT2D eigenvalue weighted by atomic mass is 9.75. The quantitative estimate of drug-likeness (QED) is 0.573. The summed E-state index contributed by atoms with van der Waals surface area (Å²) in [5, 5.41) is 0. The van der Waals surface area contributed by atoms with Crippen LogP contribution >= 0.6 is 15.9 Å². The second-order valence-corrected chi connectivity index (χ2v) is 4.98. The molecule has 2 aliphatic rings. The summed E-state index contributed by atoms with van der Waals surface area (Å²) in [6.07, 6.45) is 8.94. The minimum absolute atomic E-state index is 0.873. The first kappa shape index (κ1) is 7.15. The Labute approximate surface area is 71.5 Å². The van der Waals surface area contributed by atoms with Crippen LogP contribution in [0.4, 0.5) is 0 Å². The van der Waals surface area contributed by atoms with Crippen LogP contribution in [0.25, 0.3) is 0 Å². The van der Waals surface area contributed by atoms with Gasteiger partial charge in [-0.05, 0) is 24.7 Å². The van der Waals surface area contributed by atoms with Crippen molar-refractivity contribution in [3.05, 3.63) is 0 Å². The predicted octanol–water partition coefficient (Wildman–Crippen LogP) is 3.35. The Morgan fingerprint density at radius 2 is 1.60 bits per heavy atom. The van der Waals surface area contributed by atoms with Crippen LogP contribution in [0.3, 0.4) is 0 Å².